The first-order valence-corrected chi connectivity index (χ1v) is 36.3. The van der Waals surface area contributed by atoms with Crippen LogP contribution in [-0.4, -0.2) is 74.3 Å². The lowest BCUT2D eigenvalue weighted by molar-refractivity contribution is -0.870. The van der Waals surface area contributed by atoms with E-state index >= 15 is 0 Å². The van der Waals surface area contributed by atoms with E-state index in [4.69, 9.17) is 13.8 Å². The fraction of sp³-hybridized carbons (Fsp3) is 0.886. The highest BCUT2D eigenvalue weighted by Gasteiger charge is 2.30. The highest BCUT2D eigenvalue weighted by Crippen LogP contribution is 2.43. The van der Waals surface area contributed by atoms with Crippen LogP contribution < -0.4 is 5.32 Å². The van der Waals surface area contributed by atoms with Crippen LogP contribution in [0.4, 0.5) is 0 Å². The Bertz CT molecular complexity index is 1460. The zero-order valence-corrected chi connectivity index (χ0v) is 55.0. The number of hydrogen-bond acceptors (Lipinski definition) is 6. The van der Waals surface area contributed by atoms with Crippen molar-refractivity contribution in [2.75, 3.05) is 40.9 Å². The molecule has 9 nitrogen and oxygen atoms in total. The van der Waals surface area contributed by atoms with Crippen LogP contribution in [0, 0.1) is 0 Å². The van der Waals surface area contributed by atoms with Crippen LogP contribution in [-0.2, 0) is 27.9 Å². The molecule has 0 saturated heterocycles. The van der Waals surface area contributed by atoms with Crippen molar-refractivity contribution in [2.45, 2.75) is 360 Å². The van der Waals surface area contributed by atoms with Gasteiger partial charge in [-0.3, -0.25) is 18.6 Å². The minimum atomic E-state index is -4.45. The summed E-state index contributed by atoms with van der Waals surface area (Å²) in [7, 11) is 1.51. The molecule has 3 unspecified atom stereocenters. The quantitative estimate of drug-likeness (QED) is 0.0205. The largest absolute Gasteiger partial charge is 0.472 e. The first-order valence-electron chi connectivity index (χ1n) is 34.8. The number of nitrogens with one attached hydrogen (secondary N) is 1. The van der Waals surface area contributed by atoms with Crippen molar-refractivity contribution >= 4 is 19.7 Å². The number of carbonyl (C=O) groups excluding carboxylic acids is 2. The lowest BCUT2D eigenvalue weighted by Gasteiger charge is -2.27. The second-order valence-corrected chi connectivity index (χ2v) is 26.5. The number of nitrogens with zero attached hydrogens (tertiary/aromatic N) is 1. The minimum Gasteiger partial charge on any atom is -0.456 e. The van der Waals surface area contributed by atoms with Crippen molar-refractivity contribution in [1.29, 1.82) is 0 Å². The maximum absolute atomic E-state index is 13.6. The second kappa shape index (κ2) is 60.4. The molecule has 2 N–H and O–H groups in total. The predicted molar refractivity (Wildman–Crippen MR) is 346 cm³/mol. The van der Waals surface area contributed by atoms with Gasteiger partial charge in [-0.15, -0.1) is 0 Å². The molecular weight excluding hydrogens is 1010 g/mol. The zero-order valence-electron chi connectivity index (χ0n) is 54.1. The van der Waals surface area contributed by atoms with E-state index in [2.05, 4.69) is 50.4 Å². The van der Waals surface area contributed by atoms with Gasteiger partial charge in [0.15, 0.2) is 0 Å². The van der Waals surface area contributed by atoms with Gasteiger partial charge >= 0.3 is 13.8 Å². The third kappa shape index (κ3) is 60.8. The van der Waals surface area contributed by atoms with Gasteiger partial charge in [0.1, 0.15) is 19.3 Å². The number of likely N-dealkylation sites (N-methyl/N-ethyl adjacent to an activating group) is 1. The number of phosphoric ester groups is 1. The number of allylic oxidation sites excluding steroid dienone is 5. The van der Waals surface area contributed by atoms with E-state index in [9.17, 15) is 19.0 Å². The average molecular weight is 1150 g/mol. The van der Waals surface area contributed by atoms with E-state index in [1.807, 2.05) is 33.3 Å². The van der Waals surface area contributed by atoms with Gasteiger partial charge in [0.25, 0.3) is 0 Å². The maximum Gasteiger partial charge on any atom is 0.472 e. The number of carbonyl (C=O) groups is 2. The molecule has 0 aromatic rings. The summed E-state index contributed by atoms with van der Waals surface area (Å²) in [6.45, 7) is 7.04. The van der Waals surface area contributed by atoms with Gasteiger partial charge in [0.2, 0.25) is 5.91 Å². The first-order chi connectivity index (χ1) is 38.9. The summed E-state index contributed by atoms with van der Waals surface area (Å²) in [5.41, 5.74) is 0. The van der Waals surface area contributed by atoms with Crippen molar-refractivity contribution in [2.24, 2.45) is 0 Å². The Balaban J connectivity index is 5.07. The number of hydrogen-bond donors (Lipinski definition) is 2. The van der Waals surface area contributed by atoms with Gasteiger partial charge < -0.3 is 19.4 Å². The van der Waals surface area contributed by atoms with Crippen LogP contribution in [0.15, 0.2) is 36.5 Å². The van der Waals surface area contributed by atoms with Crippen LogP contribution in [0.2, 0.25) is 0 Å². The second-order valence-electron chi connectivity index (χ2n) is 25.1. The smallest absolute Gasteiger partial charge is 0.456 e. The lowest BCUT2D eigenvalue weighted by Crippen LogP contribution is -2.47. The van der Waals surface area contributed by atoms with Crippen LogP contribution in [0.3, 0.4) is 0 Å². The fourth-order valence-corrected chi connectivity index (χ4v) is 11.2. The van der Waals surface area contributed by atoms with Crippen molar-refractivity contribution in [1.82, 2.24) is 5.32 Å². The third-order valence-corrected chi connectivity index (χ3v) is 16.8. The lowest BCUT2D eigenvalue weighted by atomic mass is 10.0. The number of ether oxygens (including phenoxy) is 1. The molecule has 0 radical (unpaired) electrons. The van der Waals surface area contributed by atoms with E-state index in [-0.39, 0.29) is 25.1 Å². The molecule has 80 heavy (non-hydrogen) atoms. The number of quaternary nitrogens is 1. The summed E-state index contributed by atoms with van der Waals surface area (Å²) < 4.78 is 30.8. The molecule has 3 atom stereocenters. The maximum atomic E-state index is 13.6. The topological polar surface area (TPSA) is 111 Å². The van der Waals surface area contributed by atoms with Gasteiger partial charge in [0, 0.05) is 12.8 Å². The van der Waals surface area contributed by atoms with Crippen molar-refractivity contribution in [3.8, 4) is 0 Å². The Morgan fingerprint density at radius 3 is 1.15 bits per heavy atom. The third-order valence-electron chi connectivity index (χ3n) is 15.8. The molecule has 0 aliphatic rings. The molecule has 1 amide bonds. The summed E-state index contributed by atoms with van der Waals surface area (Å²) in [6, 6.07) is -0.847. The first kappa shape index (κ1) is 78.2. The number of rotatable bonds is 64. The Morgan fingerprint density at radius 1 is 0.438 bits per heavy atom. The van der Waals surface area contributed by atoms with E-state index in [1.54, 1.807) is 0 Å². The number of esters is 1. The Labute approximate surface area is 497 Å². The highest BCUT2D eigenvalue weighted by atomic mass is 31.2. The van der Waals surface area contributed by atoms with E-state index in [1.165, 1.54) is 250 Å². The summed E-state index contributed by atoms with van der Waals surface area (Å²) >= 11 is 0. The fourth-order valence-electron chi connectivity index (χ4n) is 10.4. The molecule has 0 aromatic carbocycles. The molecular formula is C70H136N2O7P+. The van der Waals surface area contributed by atoms with Gasteiger partial charge in [-0.05, 0) is 63.9 Å². The number of amides is 1. The summed E-state index contributed by atoms with van der Waals surface area (Å²) in [5, 5.41) is 3.07. The molecule has 0 fully saturated rings. The van der Waals surface area contributed by atoms with Crippen LogP contribution in [0.1, 0.15) is 348 Å². The molecule has 0 spiro atoms. The minimum absolute atomic E-state index is 0.0419. The molecule has 0 aliphatic heterocycles. The van der Waals surface area contributed by atoms with Crippen LogP contribution in [0.5, 0.6) is 0 Å². The van der Waals surface area contributed by atoms with E-state index in [0.717, 1.165) is 64.2 Å². The molecule has 0 aliphatic carbocycles. The molecule has 0 heterocycles. The summed E-state index contributed by atoms with van der Waals surface area (Å²) in [5.74, 6) is -0.491. The Kier molecular flexibility index (Phi) is 59.0. The molecule has 472 valence electrons. The molecule has 0 bridgehead atoms. The van der Waals surface area contributed by atoms with Crippen LogP contribution >= 0.6 is 7.82 Å². The van der Waals surface area contributed by atoms with E-state index in [0.29, 0.717) is 23.9 Å². The van der Waals surface area contributed by atoms with Gasteiger partial charge in [0.05, 0.1) is 33.8 Å². The molecule has 0 rings (SSSR count). The zero-order chi connectivity index (χ0) is 58.6. The van der Waals surface area contributed by atoms with Gasteiger partial charge in [-0.1, -0.05) is 308 Å². The standard InChI is InChI=1S/C70H135N2O7P/c1-7-10-13-16-19-22-25-28-30-32-34-35-36-37-39-41-43-45-48-51-54-57-60-63-70(74)79-68(61-58-55-52-49-46-27-24-21-18-15-12-9-3)67(66-78-80(75,76)77-65-64-72(4,5)6)71-69(73)62-59-56-53-50-47-44-42-40-38-33-31-29-26-23-20-17-14-11-8-2/h20,23,29,31,58,61,67-68H,7-19,21-22,24-28,30,32-57,59-60,62-66H2,1-6H3,(H-,71,73,75,76)/p+1/b23-20-,31-29-,61-58+. The van der Waals surface area contributed by atoms with Crippen molar-refractivity contribution in [3.63, 3.8) is 0 Å². The summed E-state index contributed by atoms with van der Waals surface area (Å²) in [4.78, 5) is 37.8. The van der Waals surface area contributed by atoms with Crippen LogP contribution in [0.25, 0.3) is 0 Å². The molecule has 0 saturated carbocycles. The van der Waals surface area contributed by atoms with Crippen molar-refractivity contribution in [3.05, 3.63) is 36.5 Å². The summed E-state index contributed by atoms with van der Waals surface area (Å²) in [6.07, 6.45) is 74.4. The SMILES string of the molecule is CCCCC/C=C\C/C=C\CCCCCCCCCCCC(=O)NC(COP(=O)(O)OCC[N+](C)(C)C)C(/C=C/CCCCCCCCCCCC)OC(=O)CCCCCCCCCCCCCCCCCCCCCCCCC. The number of unbranched alkanes of at least 4 members (excludes halogenated alkanes) is 44. The van der Waals surface area contributed by atoms with Gasteiger partial charge in [-0.25, -0.2) is 4.57 Å². The monoisotopic (exact) mass is 1150 g/mol. The molecule has 0 aromatic heterocycles. The number of phosphoric acid groups is 1. The Morgan fingerprint density at radius 2 is 0.762 bits per heavy atom. The highest BCUT2D eigenvalue weighted by molar-refractivity contribution is 7.47. The average Bonchev–Trinajstić information content (AvgIpc) is 3.42. The predicted octanol–water partition coefficient (Wildman–Crippen LogP) is 21.8. The molecule has 10 heteroatoms. The Hall–Kier alpha value is -1.77. The normalized spacial score (nSPS) is 13.7. The van der Waals surface area contributed by atoms with E-state index < -0.39 is 20.0 Å². The van der Waals surface area contributed by atoms with Crippen molar-refractivity contribution < 1.29 is 37.3 Å². The van der Waals surface area contributed by atoms with Gasteiger partial charge in [-0.2, -0.15) is 0 Å².